The van der Waals surface area contributed by atoms with Crippen molar-refractivity contribution >= 4 is 21.7 Å². The molecule has 1 saturated heterocycles. The van der Waals surface area contributed by atoms with Crippen molar-refractivity contribution in [3.8, 4) is 0 Å². The largest absolute Gasteiger partial charge is 0.452 e. The van der Waals surface area contributed by atoms with E-state index in [4.69, 9.17) is 0 Å². The molecule has 0 saturated carbocycles. The number of benzene rings is 1. The van der Waals surface area contributed by atoms with Crippen LogP contribution in [0.3, 0.4) is 0 Å². The van der Waals surface area contributed by atoms with Gasteiger partial charge in [0, 0.05) is 12.1 Å². The Morgan fingerprint density at radius 2 is 2.05 bits per heavy atom. The van der Waals surface area contributed by atoms with Gasteiger partial charge in [-0.15, -0.1) is 0 Å². The average Bonchev–Trinajstić information content (AvgIpc) is 2.75. The summed E-state index contributed by atoms with van der Waals surface area (Å²) in [7, 11) is -3.13. The van der Waals surface area contributed by atoms with Crippen molar-refractivity contribution in [1.29, 1.82) is 0 Å². The van der Waals surface area contributed by atoms with Crippen LogP contribution in [0.2, 0.25) is 0 Å². The van der Waals surface area contributed by atoms with Gasteiger partial charge in [0.1, 0.15) is 11.6 Å². The second-order valence-corrected chi connectivity index (χ2v) is 7.10. The molecule has 1 heterocycles. The van der Waals surface area contributed by atoms with Gasteiger partial charge in [-0.1, -0.05) is 0 Å². The molecule has 0 unspecified atom stereocenters. The minimum absolute atomic E-state index is 0.00146. The zero-order valence-corrected chi connectivity index (χ0v) is 12.2. The number of carbonyl (C=O) groups excluding carboxylic acids is 2. The molecule has 1 atom stereocenters. The first-order valence-corrected chi connectivity index (χ1v) is 8.21. The minimum atomic E-state index is -3.13. The van der Waals surface area contributed by atoms with Gasteiger partial charge in [-0.05, 0) is 18.6 Å². The van der Waals surface area contributed by atoms with E-state index in [9.17, 15) is 26.8 Å². The lowest BCUT2D eigenvalue weighted by Gasteiger charge is -2.11. The Kier molecular flexibility index (Phi) is 4.74. The molecule has 0 aliphatic carbocycles. The van der Waals surface area contributed by atoms with Crippen molar-refractivity contribution < 1.29 is 31.5 Å². The van der Waals surface area contributed by atoms with E-state index in [1.807, 2.05) is 0 Å². The lowest BCUT2D eigenvalue weighted by Crippen LogP contribution is -2.38. The van der Waals surface area contributed by atoms with Gasteiger partial charge in [0.15, 0.2) is 16.4 Å². The van der Waals surface area contributed by atoms with Gasteiger partial charge >= 0.3 is 5.97 Å². The monoisotopic (exact) mass is 333 g/mol. The molecule has 6 nitrogen and oxygen atoms in total. The van der Waals surface area contributed by atoms with Crippen LogP contribution in [0.4, 0.5) is 8.78 Å². The molecule has 2 rings (SSSR count). The SMILES string of the molecule is O=C(COC(=O)c1ccc(F)cc1F)N[C@@H]1CCS(=O)(=O)C1. The van der Waals surface area contributed by atoms with Crippen molar-refractivity contribution in [2.75, 3.05) is 18.1 Å². The van der Waals surface area contributed by atoms with Crippen LogP contribution in [0.1, 0.15) is 16.8 Å². The van der Waals surface area contributed by atoms with Crippen molar-refractivity contribution in [3.63, 3.8) is 0 Å². The van der Waals surface area contributed by atoms with Gasteiger partial charge in [-0.2, -0.15) is 0 Å². The zero-order valence-electron chi connectivity index (χ0n) is 11.3. The number of carbonyl (C=O) groups is 2. The first-order valence-electron chi connectivity index (χ1n) is 6.39. The van der Waals surface area contributed by atoms with Crippen LogP contribution in [0, 0.1) is 11.6 Å². The van der Waals surface area contributed by atoms with Gasteiger partial charge in [0.25, 0.3) is 5.91 Å². The predicted molar refractivity (Wildman–Crippen MR) is 71.8 cm³/mol. The molecule has 120 valence electrons. The van der Waals surface area contributed by atoms with E-state index >= 15 is 0 Å². The highest BCUT2D eigenvalue weighted by molar-refractivity contribution is 7.91. The number of amides is 1. The Bertz CT molecular complexity index is 704. The van der Waals surface area contributed by atoms with Crippen LogP contribution < -0.4 is 5.32 Å². The predicted octanol–water partition coefficient (Wildman–Crippen LogP) is 0.425. The smallest absolute Gasteiger partial charge is 0.341 e. The lowest BCUT2D eigenvalue weighted by atomic mass is 10.2. The number of sulfone groups is 1. The molecule has 0 bridgehead atoms. The van der Waals surface area contributed by atoms with Crippen molar-refractivity contribution in [1.82, 2.24) is 5.32 Å². The van der Waals surface area contributed by atoms with Gasteiger partial charge in [-0.3, -0.25) is 4.79 Å². The summed E-state index contributed by atoms with van der Waals surface area (Å²) in [6, 6.07) is 1.82. The molecule has 0 radical (unpaired) electrons. The molecule has 1 N–H and O–H groups in total. The number of rotatable bonds is 4. The summed E-state index contributed by atoms with van der Waals surface area (Å²) in [4.78, 5) is 23.1. The number of ether oxygens (including phenoxy) is 1. The molecule has 0 aromatic heterocycles. The highest BCUT2D eigenvalue weighted by Crippen LogP contribution is 2.12. The van der Waals surface area contributed by atoms with E-state index in [-0.39, 0.29) is 11.5 Å². The summed E-state index contributed by atoms with van der Waals surface area (Å²) in [5.74, 6) is -3.87. The molecule has 1 amide bonds. The summed E-state index contributed by atoms with van der Waals surface area (Å²) >= 11 is 0. The quantitative estimate of drug-likeness (QED) is 0.807. The van der Waals surface area contributed by atoms with Crippen molar-refractivity contribution in [2.24, 2.45) is 0 Å². The Labute approximate surface area is 125 Å². The number of hydrogen-bond acceptors (Lipinski definition) is 5. The summed E-state index contributed by atoms with van der Waals surface area (Å²) in [6.45, 7) is -0.674. The summed E-state index contributed by atoms with van der Waals surface area (Å²) in [5, 5.41) is 2.42. The Morgan fingerprint density at radius 1 is 1.32 bits per heavy atom. The van der Waals surface area contributed by atoms with E-state index < -0.39 is 51.6 Å². The normalized spacial score (nSPS) is 19.6. The summed E-state index contributed by atoms with van der Waals surface area (Å²) in [5.41, 5.74) is -0.488. The number of halogens is 2. The lowest BCUT2D eigenvalue weighted by molar-refractivity contribution is -0.124. The maximum Gasteiger partial charge on any atom is 0.341 e. The Hall–Kier alpha value is -2.03. The second kappa shape index (κ2) is 6.39. The summed E-state index contributed by atoms with van der Waals surface area (Å²) in [6.07, 6.45) is 0.300. The standard InChI is InChI=1S/C13H13F2NO5S/c14-8-1-2-10(11(15)5-8)13(18)21-6-12(17)16-9-3-4-22(19,20)7-9/h1-2,5,9H,3-4,6-7H2,(H,16,17)/t9-/m1/s1. The molecule has 1 aromatic carbocycles. The molecule has 1 fully saturated rings. The fourth-order valence-corrected chi connectivity index (χ4v) is 3.72. The van der Waals surface area contributed by atoms with Crippen molar-refractivity contribution in [2.45, 2.75) is 12.5 Å². The first-order chi connectivity index (χ1) is 10.3. The molecule has 1 aliphatic heterocycles. The van der Waals surface area contributed by atoms with Gasteiger partial charge in [0.05, 0.1) is 17.1 Å². The fourth-order valence-electron chi connectivity index (χ4n) is 2.04. The highest BCUT2D eigenvalue weighted by atomic mass is 32.2. The van der Waals surface area contributed by atoms with Crippen LogP contribution in [0.25, 0.3) is 0 Å². The first kappa shape index (κ1) is 16.3. The summed E-state index contributed by atoms with van der Waals surface area (Å²) < 4.78 is 53.1. The number of hydrogen-bond donors (Lipinski definition) is 1. The van der Waals surface area contributed by atoms with Crippen LogP contribution in [-0.2, 0) is 19.4 Å². The van der Waals surface area contributed by atoms with Crippen LogP contribution in [-0.4, -0.2) is 44.4 Å². The third kappa shape index (κ3) is 4.23. The van der Waals surface area contributed by atoms with Crippen LogP contribution in [0.15, 0.2) is 18.2 Å². The van der Waals surface area contributed by atoms with Crippen LogP contribution in [0.5, 0.6) is 0 Å². The maximum absolute atomic E-state index is 13.3. The second-order valence-electron chi connectivity index (χ2n) is 4.87. The Balaban J connectivity index is 1.84. The maximum atomic E-state index is 13.3. The molecular weight excluding hydrogens is 320 g/mol. The topological polar surface area (TPSA) is 89.5 Å². The van der Waals surface area contributed by atoms with Gasteiger partial charge in [-0.25, -0.2) is 22.0 Å². The third-order valence-corrected chi connectivity index (χ3v) is 4.85. The van der Waals surface area contributed by atoms with E-state index in [1.54, 1.807) is 0 Å². The minimum Gasteiger partial charge on any atom is -0.452 e. The Morgan fingerprint density at radius 3 is 2.64 bits per heavy atom. The van der Waals surface area contributed by atoms with E-state index in [1.165, 1.54) is 0 Å². The third-order valence-electron chi connectivity index (χ3n) is 3.08. The van der Waals surface area contributed by atoms with Crippen LogP contribution >= 0.6 is 0 Å². The highest BCUT2D eigenvalue weighted by Gasteiger charge is 2.29. The fraction of sp³-hybridized carbons (Fsp3) is 0.385. The van der Waals surface area contributed by atoms with Gasteiger partial charge < -0.3 is 10.1 Å². The number of nitrogens with one attached hydrogen (secondary N) is 1. The average molecular weight is 333 g/mol. The molecule has 22 heavy (non-hydrogen) atoms. The molecule has 1 aromatic rings. The van der Waals surface area contributed by atoms with E-state index in [2.05, 4.69) is 10.1 Å². The van der Waals surface area contributed by atoms with Gasteiger partial charge in [0.2, 0.25) is 0 Å². The van der Waals surface area contributed by atoms with Crippen molar-refractivity contribution in [3.05, 3.63) is 35.4 Å². The molecule has 0 spiro atoms. The number of esters is 1. The molecular formula is C13H13F2NO5S. The zero-order chi connectivity index (χ0) is 16.3. The molecule has 9 heteroatoms. The molecule has 1 aliphatic rings. The van der Waals surface area contributed by atoms with E-state index in [0.717, 1.165) is 12.1 Å². The van der Waals surface area contributed by atoms with E-state index in [0.29, 0.717) is 12.5 Å².